The maximum Gasteiger partial charge on any atom is 0.343 e. The first-order chi connectivity index (χ1) is 14.8. The van der Waals surface area contributed by atoms with Crippen LogP contribution in [0.3, 0.4) is 0 Å². The molecule has 2 aromatic carbocycles. The molecule has 0 aromatic heterocycles. The fourth-order valence-corrected chi connectivity index (χ4v) is 3.96. The molecule has 9 nitrogen and oxygen atoms in total. The Labute approximate surface area is 189 Å². The number of non-ortho nitro benzene ring substituents is 1. The monoisotopic (exact) mass is 506 g/mol. The molecule has 160 valence electrons. The van der Waals surface area contributed by atoms with Crippen molar-refractivity contribution in [2.75, 3.05) is 13.7 Å². The van der Waals surface area contributed by atoms with E-state index in [1.54, 1.807) is 24.3 Å². The van der Waals surface area contributed by atoms with Crippen molar-refractivity contribution in [1.29, 1.82) is 0 Å². The molecule has 0 spiro atoms. The van der Waals surface area contributed by atoms with Gasteiger partial charge in [-0.25, -0.2) is 4.79 Å². The lowest BCUT2D eigenvalue weighted by molar-refractivity contribution is -0.384. The van der Waals surface area contributed by atoms with Crippen LogP contribution >= 0.6 is 27.7 Å². The number of carbonyl (C=O) groups is 3. The highest BCUT2D eigenvalue weighted by molar-refractivity contribution is 9.10. The van der Waals surface area contributed by atoms with Crippen LogP contribution in [0.25, 0.3) is 6.08 Å². The summed E-state index contributed by atoms with van der Waals surface area (Å²) in [6.07, 6.45) is 1.58. The molecular formula is C20H15BrN2O7S. The minimum absolute atomic E-state index is 0.0179. The summed E-state index contributed by atoms with van der Waals surface area (Å²) in [5, 5.41) is 10.3. The predicted octanol–water partition coefficient (Wildman–Crippen LogP) is 4.15. The summed E-state index contributed by atoms with van der Waals surface area (Å²) < 4.78 is 10.4. The molecule has 0 aliphatic carbocycles. The molecule has 1 heterocycles. The summed E-state index contributed by atoms with van der Waals surface area (Å²) in [5.41, 5.74) is 1.18. The molecule has 0 N–H and O–H groups in total. The van der Waals surface area contributed by atoms with E-state index in [0.29, 0.717) is 21.3 Å². The number of nitro groups is 1. The molecule has 2 aromatic rings. The number of carbonyl (C=O) groups excluding carboxylic acids is 3. The average Bonchev–Trinajstić information content (AvgIpc) is 3.00. The molecule has 1 fully saturated rings. The van der Waals surface area contributed by atoms with Crippen LogP contribution in [0.4, 0.5) is 10.5 Å². The van der Waals surface area contributed by atoms with E-state index in [2.05, 4.69) is 20.7 Å². The zero-order valence-corrected chi connectivity index (χ0v) is 18.5. The third-order valence-electron chi connectivity index (χ3n) is 4.19. The van der Waals surface area contributed by atoms with E-state index >= 15 is 0 Å². The van der Waals surface area contributed by atoms with E-state index in [9.17, 15) is 24.5 Å². The molecule has 1 aliphatic heterocycles. The smallest absolute Gasteiger partial charge is 0.343 e. The molecule has 0 atom stereocenters. The van der Waals surface area contributed by atoms with Crippen LogP contribution in [0.1, 0.15) is 11.1 Å². The second-order valence-corrected chi connectivity index (χ2v) is 8.09. The quantitative estimate of drug-likeness (QED) is 0.238. The average molecular weight is 507 g/mol. The summed E-state index contributed by atoms with van der Waals surface area (Å²) in [6, 6.07) is 10.7. The van der Waals surface area contributed by atoms with E-state index in [4.69, 9.17) is 4.74 Å². The van der Waals surface area contributed by atoms with Gasteiger partial charge in [0.2, 0.25) is 0 Å². The molecule has 0 saturated carbocycles. The van der Waals surface area contributed by atoms with Crippen LogP contribution < -0.4 is 4.74 Å². The van der Waals surface area contributed by atoms with Crippen LogP contribution in [-0.4, -0.2) is 40.7 Å². The summed E-state index contributed by atoms with van der Waals surface area (Å²) in [7, 11) is 1.26. The highest BCUT2D eigenvalue weighted by atomic mass is 79.9. The lowest BCUT2D eigenvalue weighted by Crippen LogP contribution is -2.27. The minimum atomic E-state index is -0.517. The number of methoxy groups -OCH3 is 1. The van der Waals surface area contributed by atoms with Crippen molar-refractivity contribution >= 4 is 56.6 Å². The van der Waals surface area contributed by atoms with Gasteiger partial charge in [0.1, 0.15) is 5.75 Å². The number of esters is 1. The Bertz CT molecular complexity index is 1090. The van der Waals surface area contributed by atoms with Gasteiger partial charge in [0, 0.05) is 12.1 Å². The van der Waals surface area contributed by atoms with Crippen LogP contribution in [-0.2, 0) is 20.9 Å². The Morgan fingerprint density at radius 1 is 1.23 bits per heavy atom. The van der Waals surface area contributed by atoms with Gasteiger partial charge in [-0.15, -0.1) is 0 Å². The van der Waals surface area contributed by atoms with Gasteiger partial charge in [0.15, 0.2) is 6.61 Å². The van der Waals surface area contributed by atoms with Gasteiger partial charge in [-0.3, -0.25) is 24.6 Å². The Kier molecular flexibility index (Phi) is 7.08. The molecule has 0 bridgehead atoms. The number of rotatable bonds is 7. The lowest BCUT2D eigenvalue weighted by Gasteiger charge is -2.12. The number of halogens is 1. The second-order valence-electron chi connectivity index (χ2n) is 6.25. The van der Waals surface area contributed by atoms with Crippen molar-refractivity contribution in [2.45, 2.75) is 6.54 Å². The van der Waals surface area contributed by atoms with Gasteiger partial charge in [-0.2, -0.15) is 0 Å². The fourth-order valence-electron chi connectivity index (χ4n) is 2.61. The van der Waals surface area contributed by atoms with E-state index in [0.717, 1.165) is 16.7 Å². The summed E-state index contributed by atoms with van der Waals surface area (Å²) in [5.74, 6) is -0.540. The van der Waals surface area contributed by atoms with E-state index in [1.165, 1.54) is 31.4 Å². The number of hydrogen-bond acceptors (Lipinski definition) is 8. The zero-order valence-electron chi connectivity index (χ0n) is 16.1. The van der Waals surface area contributed by atoms with Gasteiger partial charge >= 0.3 is 5.97 Å². The fraction of sp³-hybridized carbons (Fsp3) is 0.150. The number of thioether (sulfide) groups is 1. The van der Waals surface area contributed by atoms with Crippen molar-refractivity contribution < 1.29 is 28.8 Å². The Balaban J connectivity index is 1.71. The third-order valence-corrected chi connectivity index (χ3v) is 5.72. The molecular weight excluding hydrogens is 492 g/mol. The first kappa shape index (κ1) is 22.5. The Morgan fingerprint density at radius 2 is 1.94 bits per heavy atom. The van der Waals surface area contributed by atoms with Crippen molar-refractivity contribution in [1.82, 2.24) is 4.90 Å². The van der Waals surface area contributed by atoms with Crippen LogP contribution in [0.2, 0.25) is 0 Å². The normalized spacial score (nSPS) is 14.8. The molecule has 1 saturated heterocycles. The maximum absolute atomic E-state index is 12.7. The van der Waals surface area contributed by atoms with Gasteiger partial charge in [-0.05, 0) is 57.0 Å². The highest BCUT2D eigenvalue weighted by Crippen LogP contribution is 2.34. The van der Waals surface area contributed by atoms with Gasteiger partial charge in [0.25, 0.3) is 16.8 Å². The van der Waals surface area contributed by atoms with Gasteiger partial charge in [-0.1, -0.05) is 18.2 Å². The standard InChI is InChI=1S/C20H15BrN2O7S/c1-29-18(24)11-30-16-7-4-13(8-15(16)21)9-17-19(25)22(20(26)31-17)10-12-2-5-14(6-3-12)23(27)28/h2-9H,10-11H2,1H3/b17-9+. The molecule has 11 heteroatoms. The Hall–Kier alpha value is -3.18. The van der Waals surface area contributed by atoms with E-state index in [-0.39, 0.29) is 23.7 Å². The number of benzene rings is 2. The van der Waals surface area contributed by atoms with Crippen LogP contribution in [0.5, 0.6) is 5.75 Å². The zero-order chi connectivity index (χ0) is 22.5. The van der Waals surface area contributed by atoms with Crippen LogP contribution in [0.15, 0.2) is 51.8 Å². The number of imide groups is 1. The van der Waals surface area contributed by atoms with Crippen molar-refractivity contribution in [3.8, 4) is 5.75 Å². The largest absolute Gasteiger partial charge is 0.481 e. The number of nitrogens with zero attached hydrogens (tertiary/aromatic N) is 2. The van der Waals surface area contributed by atoms with E-state index < -0.39 is 22.0 Å². The minimum Gasteiger partial charge on any atom is -0.481 e. The molecule has 0 unspecified atom stereocenters. The van der Waals surface area contributed by atoms with Crippen molar-refractivity contribution in [2.24, 2.45) is 0 Å². The topological polar surface area (TPSA) is 116 Å². The van der Waals surface area contributed by atoms with Crippen molar-refractivity contribution in [3.05, 3.63) is 73.1 Å². The number of nitro benzene ring substituents is 1. The molecule has 3 rings (SSSR count). The molecule has 31 heavy (non-hydrogen) atoms. The number of hydrogen-bond donors (Lipinski definition) is 0. The first-order valence-corrected chi connectivity index (χ1v) is 10.4. The lowest BCUT2D eigenvalue weighted by atomic mass is 10.2. The SMILES string of the molecule is COC(=O)COc1ccc(/C=C2/SC(=O)N(Cc3ccc([N+](=O)[O-])cc3)C2=O)cc1Br. The Morgan fingerprint density at radius 3 is 2.55 bits per heavy atom. The third kappa shape index (κ3) is 5.50. The summed E-state index contributed by atoms with van der Waals surface area (Å²) in [6.45, 7) is -0.222. The van der Waals surface area contributed by atoms with Crippen molar-refractivity contribution in [3.63, 3.8) is 0 Å². The highest BCUT2D eigenvalue weighted by Gasteiger charge is 2.35. The predicted molar refractivity (Wildman–Crippen MR) is 116 cm³/mol. The number of amides is 2. The second kappa shape index (κ2) is 9.75. The maximum atomic E-state index is 12.7. The van der Waals surface area contributed by atoms with Gasteiger partial charge < -0.3 is 9.47 Å². The molecule has 1 aliphatic rings. The van der Waals surface area contributed by atoms with Crippen LogP contribution in [0, 0.1) is 10.1 Å². The van der Waals surface area contributed by atoms with E-state index in [1.807, 2.05) is 0 Å². The van der Waals surface area contributed by atoms with Gasteiger partial charge in [0.05, 0.1) is 28.0 Å². The first-order valence-electron chi connectivity index (χ1n) is 8.76. The molecule has 0 radical (unpaired) electrons. The number of ether oxygens (including phenoxy) is 2. The summed E-state index contributed by atoms with van der Waals surface area (Å²) in [4.78, 5) is 47.7. The summed E-state index contributed by atoms with van der Waals surface area (Å²) >= 11 is 4.16. The molecule has 2 amide bonds.